The van der Waals surface area contributed by atoms with Crippen LogP contribution >= 0.6 is 24.8 Å². The molecule has 2 rings (SSSR count). The molecular weight excluding hydrogens is 375 g/mol. The van der Waals surface area contributed by atoms with E-state index in [0.717, 1.165) is 43.7 Å². The zero-order chi connectivity index (χ0) is 17.5. The van der Waals surface area contributed by atoms with Crippen molar-refractivity contribution in [3.63, 3.8) is 0 Å². The van der Waals surface area contributed by atoms with E-state index in [1.807, 2.05) is 31.2 Å². The third-order valence-electron chi connectivity index (χ3n) is 4.38. The van der Waals surface area contributed by atoms with Gasteiger partial charge in [-0.2, -0.15) is 0 Å². The fraction of sp³-hybridized carbons (Fsp3) is 0.556. The van der Waals surface area contributed by atoms with Crippen molar-refractivity contribution in [1.29, 1.82) is 0 Å². The van der Waals surface area contributed by atoms with Crippen LogP contribution in [0.3, 0.4) is 0 Å². The van der Waals surface area contributed by atoms with Crippen LogP contribution in [0.4, 0.5) is 5.69 Å². The zero-order valence-corrected chi connectivity index (χ0v) is 16.8. The molecule has 0 spiro atoms. The van der Waals surface area contributed by atoms with Gasteiger partial charge in [0, 0.05) is 31.2 Å². The molecule has 2 unspecified atom stereocenters. The van der Waals surface area contributed by atoms with Crippen molar-refractivity contribution in [2.24, 2.45) is 17.4 Å². The minimum atomic E-state index is -0.204. The molecule has 6 nitrogen and oxygen atoms in total. The Morgan fingerprint density at radius 1 is 1.27 bits per heavy atom. The van der Waals surface area contributed by atoms with Crippen LogP contribution in [0.1, 0.15) is 38.2 Å². The van der Waals surface area contributed by atoms with Gasteiger partial charge in [0.15, 0.2) is 0 Å². The fourth-order valence-corrected chi connectivity index (χ4v) is 2.97. The molecule has 1 heterocycles. The van der Waals surface area contributed by atoms with Gasteiger partial charge in [0.2, 0.25) is 11.8 Å². The van der Waals surface area contributed by atoms with Gasteiger partial charge in [-0.25, -0.2) is 0 Å². The number of nitrogens with two attached hydrogens (primary N) is 2. The van der Waals surface area contributed by atoms with E-state index in [2.05, 4.69) is 10.2 Å². The summed E-state index contributed by atoms with van der Waals surface area (Å²) in [6.07, 6.45) is 3.00. The lowest BCUT2D eigenvalue weighted by Gasteiger charge is -2.31. The van der Waals surface area contributed by atoms with Crippen LogP contribution in [0.2, 0.25) is 0 Å². The lowest BCUT2D eigenvalue weighted by atomic mass is 9.97. The first kappa shape index (κ1) is 24.7. The first-order chi connectivity index (χ1) is 11.4. The standard InChI is InChI=1S/C18H28N4O2.2ClH/c1-13(19)4-9-17(23)21-16-7-5-14(6-8-16)11-22-10-2-3-15(12-22)18(20)24;;/h5-8,13,15H,2-4,9-12,19H2,1H3,(H2,20,24)(H,21,23);2*1H. The molecule has 0 aromatic heterocycles. The van der Waals surface area contributed by atoms with Crippen LogP contribution in [-0.2, 0) is 16.1 Å². The van der Waals surface area contributed by atoms with E-state index in [4.69, 9.17) is 11.5 Å². The van der Waals surface area contributed by atoms with E-state index < -0.39 is 0 Å². The summed E-state index contributed by atoms with van der Waals surface area (Å²) < 4.78 is 0. The first-order valence-corrected chi connectivity index (χ1v) is 8.60. The normalized spacial score (nSPS) is 18.2. The van der Waals surface area contributed by atoms with Gasteiger partial charge in [0.25, 0.3) is 0 Å². The Bertz CT molecular complexity index is 567. The molecule has 8 heteroatoms. The summed E-state index contributed by atoms with van der Waals surface area (Å²) in [5.74, 6) is -0.257. The second-order valence-corrected chi connectivity index (χ2v) is 6.74. The van der Waals surface area contributed by atoms with Crippen molar-refractivity contribution >= 4 is 42.3 Å². The molecule has 0 saturated carbocycles. The summed E-state index contributed by atoms with van der Waals surface area (Å²) in [5, 5.41) is 2.88. The van der Waals surface area contributed by atoms with E-state index in [1.54, 1.807) is 0 Å². The Morgan fingerprint density at radius 3 is 2.50 bits per heavy atom. The molecule has 1 saturated heterocycles. The Balaban J connectivity index is 0.00000312. The predicted octanol–water partition coefficient (Wildman–Crippen LogP) is 2.29. The molecule has 148 valence electrons. The largest absolute Gasteiger partial charge is 0.369 e. The van der Waals surface area contributed by atoms with E-state index in [-0.39, 0.29) is 48.6 Å². The Hall–Kier alpha value is -1.34. The van der Waals surface area contributed by atoms with Crippen LogP contribution in [0.25, 0.3) is 0 Å². The summed E-state index contributed by atoms with van der Waals surface area (Å²) in [4.78, 5) is 25.4. The molecule has 26 heavy (non-hydrogen) atoms. The minimum absolute atomic E-state index is 0. The van der Waals surface area contributed by atoms with E-state index in [0.29, 0.717) is 12.8 Å². The van der Waals surface area contributed by atoms with Gasteiger partial charge in [-0.15, -0.1) is 24.8 Å². The van der Waals surface area contributed by atoms with Crippen molar-refractivity contribution in [3.05, 3.63) is 29.8 Å². The summed E-state index contributed by atoms with van der Waals surface area (Å²) in [7, 11) is 0. The average Bonchev–Trinajstić information content (AvgIpc) is 2.55. The number of hydrogen-bond acceptors (Lipinski definition) is 4. The highest BCUT2D eigenvalue weighted by molar-refractivity contribution is 5.90. The molecular formula is C18H30Cl2N4O2. The second kappa shape index (κ2) is 12.1. The highest BCUT2D eigenvalue weighted by Gasteiger charge is 2.23. The van der Waals surface area contributed by atoms with Gasteiger partial charge in [-0.05, 0) is 50.4 Å². The Kier molecular flexibility index (Phi) is 11.5. The van der Waals surface area contributed by atoms with E-state index >= 15 is 0 Å². The third kappa shape index (κ3) is 8.36. The van der Waals surface area contributed by atoms with Crippen molar-refractivity contribution < 1.29 is 9.59 Å². The number of benzene rings is 1. The number of piperidine rings is 1. The van der Waals surface area contributed by atoms with Crippen molar-refractivity contribution in [2.75, 3.05) is 18.4 Å². The molecule has 5 N–H and O–H groups in total. The van der Waals surface area contributed by atoms with Gasteiger partial charge in [0.1, 0.15) is 0 Å². The van der Waals surface area contributed by atoms with Gasteiger partial charge in [-0.1, -0.05) is 12.1 Å². The van der Waals surface area contributed by atoms with Gasteiger partial charge < -0.3 is 16.8 Å². The summed E-state index contributed by atoms with van der Waals surface area (Å²) in [6.45, 7) is 4.40. The molecule has 0 radical (unpaired) electrons. The Morgan fingerprint density at radius 2 is 1.92 bits per heavy atom. The van der Waals surface area contributed by atoms with E-state index in [1.165, 1.54) is 0 Å². The molecule has 0 aliphatic carbocycles. The molecule has 1 aromatic rings. The summed E-state index contributed by atoms with van der Waals surface area (Å²) in [6, 6.07) is 7.87. The maximum atomic E-state index is 11.8. The molecule has 1 aliphatic rings. The molecule has 1 aliphatic heterocycles. The van der Waals surface area contributed by atoms with Crippen LogP contribution in [0.5, 0.6) is 0 Å². The molecule has 0 bridgehead atoms. The number of hydrogen-bond donors (Lipinski definition) is 3. The molecule has 2 atom stereocenters. The van der Waals surface area contributed by atoms with Crippen molar-refractivity contribution in [1.82, 2.24) is 4.90 Å². The minimum Gasteiger partial charge on any atom is -0.369 e. The topological polar surface area (TPSA) is 101 Å². The second-order valence-electron chi connectivity index (χ2n) is 6.74. The number of likely N-dealkylation sites (tertiary alicyclic amines) is 1. The average molecular weight is 405 g/mol. The maximum absolute atomic E-state index is 11.8. The van der Waals surface area contributed by atoms with Crippen LogP contribution in [0.15, 0.2) is 24.3 Å². The smallest absolute Gasteiger partial charge is 0.224 e. The van der Waals surface area contributed by atoms with Crippen LogP contribution in [-0.4, -0.2) is 35.8 Å². The fourth-order valence-electron chi connectivity index (χ4n) is 2.97. The Labute approximate surface area is 167 Å². The number of primary amides is 1. The lowest BCUT2D eigenvalue weighted by molar-refractivity contribution is -0.123. The quantitative estimate of drug-likeness (QED) is 0.648. The molecule has 1 aromatic carbocycles. The predicted molar refractivity (Wildman–Crippen MR) is 110 cm³/mol. The molecule has 1 fully saturated rings. The number of carbonyl (C=O) groups is 2. The monoisotopic (exact) mass is 404 g/mol. The highest BCUT2D eigenvalue weighted by Crippen LogP contribution is 2.19. The zero-order valence-electron chi connectivity index (χ0n) is 15.1. The summed E-state index contributed by atoms with van der Waals surface area (Å²) >= 11 is 0. The van der Waals surface area contributed by atoms with Crippen molar-refractivity contribution in [2.45, 2.75) is 45.2 Å². The number of anilines is 1. The number of rotatable bonds is 7. The number of amides is 2. The highest BCUT2D eigenvalue weighted by atomic mass is 35.5. The SMILES string of the molecule is CC(N)CCC(=O)Nc1ccc(CN2CCCC(C(N)=O)C2)cc1.Cl.Cl. The summed E-state index contributed by atoms with van der Waals surface area (Å²) in [5.41, 5.74) is 13.0. The molecule has 2 amide bonds. The number of nitrogens with one attached hydrogen (secondary N) is 1. The third-order valence-corrected chi connectivity index (χ3v) is 4.38. The van der Waals surface area contributed by atoms with Gasteiger partial charge in [0.05, 0.1) is 5.92 Å². The first-order valence-electron chi connectivity index (χ1n) is 8.60. The van der Waals surface area contributed by atoms with Crippen LogP contribution in [0, 0.1) is 5.92 Å². The number of nitrogens with zero attached hydrogens (tertiary/aromatic N) is 1. The van der Waals surface area contributed by atoms with E-state index in [9.17, 15) is 9.59 Å². The van der Waals surface area contributed by atoms with Gasteiger partial charge >= 0.3 is 0 Å². The van der Waals surface area contributed by atoms with Crippen molar-refractivity contribution in [3.8, 4) is 0 Å². The lowest BCUT2D eigenvalue weighted by Crippen LogP contribution is -2.40. The number of carbonyl (C=O) groups excluding carboxylic acids is 2. The number of halogens is 2. The maximum Gasteiger partial charge on any atom is 0.224 e. The van der Waals surface area contributed by atoms with Crippen LogP contribution < -0.4 is 16.8 Å². The van der Waals surface area contributed by atoms with Gasteiger partial charge in [-0.3, -0.25) is 14.5 Å².